The van der Waals surface area contributed by atoms with E-state index in [0.717, 1.165) is 33.5 Å². The van der Waals surface area contributed by atoms with Gasteiger partial charge >= 0.3 is 0 Å². The second-order valence-corrected chi connectivity index (χ2v) is 7.94. The Bertz CT molecular complexity index is 1240. The van der Waals surface area contributed by atoms with Gasteiger partial charge in [-0.3, -0.25) is 4.79 Å². The number of carbonyl (C=O) groups excluding carboxylic acids is 1. The van der Waals surface area contributed by atoms with Crippen molar-refractivity contribution >= 4 is 34.1 Å². The largest absolute Gasteiger partial charge is 0.486 e. The molecule has 5 rings (SSSR count). The van der Waals surface area contributed by atoms with Crippen molar-refractivity contribution in [1.82, 2.24) is 4.98 Å². The lowest BCUT2D eigenvalue weighted by Crippen LogP contribution is -2.18. The number of H-pyrrole nitrogens is 1. The number of fused-ring (bicyclic) bond motifs is 2. The summed E-state index contributed by atoms with van der Waals surface area (Å²) in [5, 5.41) is 4.65. The van der Waals surface area contributed by atoms with Crippen molar-refractivity contribution in [3.8, 4) is 11.5 Å². The van der Waals surface area contributed by atoms with Gasteiger partial charge in [0.15, 0.2) is 11.5 Å². The molecule has 1 amide bonds. The standard InChI is InChI=1S/C25H21ClN2O3/c26-17-7-8-22-20(13-17)21(15-27-22)19(14-25(29)28-18-4-2-1-3-5-18)16-6-9-23-24(12-16)31-11-10-30-23/h1-9,12-13,15,19,27H,10-11,14H2,(H,28,29)/t19-/m1/s1. The summed E-state index contributed by atoms with van der Waals surface area (Å²) in [6.07, 6.45) is 2.23. The predicted molar refractivity (Wildman–Crippen MR) is 122 cm³/mol. The van der Waals surface area contributed by atoms with E-state index in [1.165, 1.54) is 0 Å². The van der Waals surface area contributed by atoms with Crippen LogP contribution >= 0.6 is 11.6 Å². The molecule has 1 aliphatic rings. The average Bonchev–Trinajstić information content (AvgIpc) is 3.20. The summed E-state index contributed by atoms with van der Waals surface area (Å²) < 4.78 is 11.5. The molecule has 156 valence electrons. The highest BCUT2D eigenvalue weighted by Crippen LogP contribution is 2.39. The number of hydrogen-bond donors (Lipinski definition) is 2. The Morgan fingerprint density at radius 1 is 1.00 bits per heavy atom. The van der Waals surface area contributed by atoms with Gasteiger partial charge in [-0.15, -0.1) is 0 Å². The van der Waals surface area contributed by atoms with E-state index in [1.807, 2.05) is 72.9 Å². The smallest absolute Gasteiger partial charge is 0.225 e. The highest BCUT2D eigenvalue weighted by Gasteiger charge is 2.24. The van der Waals surface area contributed by atoms with Gasteiger partial charge in [-0.05, 0) is 53.6 Å². The number of nitrogens with one attached hydrogen (secondary N) is 2. The van der Waals surface area contributed by atoms with Gasteiger partial charge < -0.3 is 19.8 Å². The van der Waals surface area contributed by atoms with Crippen molar-refractivity contribution in [1.29, 1.82) is 0 Å². The van der Waals surface area contributed by atoms with Gasteiger partial charge in [0.1, 0.15) is 13.2 Å². The molecule has 0 saturated carbocycles. The van der Waals surface area contributed by atoms with Crippen LogP contribution in [0.2, 0.25) is 5.02 Å². The molecule has 2 heterocycles. The van der Waals surface area contributed by atoms with E-state index in [9.17, 15) is 4.79 Å². The molecular formula is C25H21ClN2O3. The molecule has 3 aromatic carbocycles. The molecule has 6 heteroatoms. The van der Waals surface area contributed by atoms with Crippen LogP contribution < -0.4 is 14.8 Å². The third kappa shape index (κ3) is 4.09. The topological polar surface area (TPSA) is 63.4 Å². The zero-order valence-electron chi connectivity index (χ0n) is 16.7. The van der Waals surface area contributed by atoms with Crippen LogP contribution in [0.4, 0.5) is 5.69 Å². The number of rotatable bonds is 5. The molecule has 0 radical (unpaired) electrons. The Morgan fingerprint density at radius 3 is 2.65 bits per heavy atom. The SMILES string of the molecule is O=C(C[C@H](c1ccc2c(c1)OCCO2)c1c[nH]c2ccc(Cl)cc12)Nc1ccccc1. The summed E-state index contributed by atoms with van der Waals surface area (Å²) in [5.41, 5.74) is 3.74. The van der Waals surface area contributed by atoms with Crippen LogP contribution in [0.3, 0.4) is 0 Å². The maximum absolute atomic E-state index is 13.0. The van der Waals surface area contributed by atoms with Gasteiger partial charge in [0.25, 0.3) is 0 Å². The fraction of sp³-hybridized carbons (Fsp3) is 0.160. The predicted octanol–water partition coefficient (Wildman–Crippen LogP) is 5.75. The molecule has 0 spiro atoms. The summed E-state index contributed by atoms with van der Waals surface area (Å²) in [7, 11) is 0. The van der Waals surface area contributed by atoms with Crippen LogP contribution in [-0.2, 0) is 4.79 Å². The van der Waals surface area contributed by atoms with E-state index in [1.54, 1.807) is 0 Å². The molecule has 1 aromatic heterocycles. The lowest BCUT2D eigenvalue weighted by Gasteiger charge is -2.22. The van der Waals surface area contributed by atoms with E-state index in [2.05, 4.69) is 10.3 Å². The average molecular weight is 433 g/mol. The van der Waals surface area contributed by atoms with Gasteiger partial charge in [0, 0.05) is 40.1 Å². The van der Waals surface area contributed by atoms with Crippen molar-refractivity contribution in [2.24, 2.45) is 0 Å². The highest BCUT2D eigenvalue weighted by molar-refractivity contribution is 6.31. The normalized spacial score (nSPS) is 13.7. The minimum absolute atomic E-state index is 0.0672. The number of anilines is 1. The monoisotopic (exact) mass is 432 g/mol. The number of aromatic amines is 1. The number of carbonyl (C=O) groups is 1. The second kappa shape index (κ2) is 8.36. The molecule has 1 atom stereocenters. The molecule has 0 saturated heterocycles. The number of ether oxygens (including phenoxy) is 2. The minimum Gasteiger partial charge on any atom is -0.486 e. The lowest BCUT2D eigenvalue weighted by atomic mass is 9.87. The maximum atomic E-state index is 13.0. The van der Waals surface area contributed by atoms with Gasteiger partial charge in [-0.25, -0.2) is 0 Å². The molecule has 0 unspecified atom stereocenters. The van der Waals surface area contributed by atoms with Crippen LogP contribution in [0, 0.1) is 0 Å². The van der Waals surface area contributed by atoms with E-state index in [0.29, 0.717) is 24.0 Å². The molecule has 31 heavy (non-hydrogen) atoms. The molecule has 5 nitrogen and oxygen atoms in total. The van der Waals surface area contributed by atoms with Crippen LogP contribution in [0.15, 0.2) is 72.9 Å². The number of halogens is 1. The molecule has 1 aliphatic heterocycles. The van der Waals surface area contributed by atoms with Crippen molar-refractivity contribution in [2.75, 3.05) is 18.5 Å². The molecule has 0 fully saturated rings. The minimum atomic E-state index is -0.188. The number of amides is 1. The zero-order valence-corrected chi connectivity index (χ0v) is 17.5. The van der Waals surface area contributed by atoms with Crippen molar-refractivity contribution in [3.63, 3.8) is 0 Å². The lowest BCUT2D eigenvalue weighted by molar-refractivity contribution is -0.116. The van der Waals surface area contributed by atoms with E-state index >= 15 is 0 Å². The number of para-hydroxylation sites is 1. The van der Waals surface area contributed by atoms with Crippen LogP contribution in [0.1, 0.15) is 23.5 Å². The fourth-order valence-electron chi connectivity index (χ4n) is 4.01. The van der Waals surface area contributed by atoms with Crippen LogP contribution in [-0.4, -0.2) is 24.1 Å². The number of aromatic nitrogens is 1. The Balaban J connectivity index is 1.53. The van der Waals surface area contributed by atoms with Gasteiger partial charge in [0.2, 0.25) is 5.91 Å². The fourth-order valence-corrected chi connectivity index (χ4v) is 4.18. The first-order valence-electron chi connectivity index (χ1n) is 10.2. The molecule has 0 aliphatic carbocycles. The Kier molecular flexibility index (Phi) is 5.26. The summed E-state index contributed by atoms with van der Waals surface area (Å²) in [6.45, 7) is 1.05. The van der Waals surface area contributed by atoms with Gasteiger partial charge in [-0.2, -0.15) is 0 Å². The zero-order chi connectivity index (χ0) is 21.2. The summed E-state index contributed by atoms with van der Waals surface area (Å²) in [6, 6.07) is 21.1. The second-order valence-electron chi connectivity index (χ2n) is 7.51. The quantitative estimate of drug-likeness (QED) is 0.422. The molecule has 4 aromatic rings. The van der Waals surface area contributed by atoms with E-state index in [-0.39, 0.29) is 18.2 Å². The van der Waals surface area contributed by atoms with E-state index in [4.69, 9.17) is 21.1 Å². The van der Waals surface area contributed by atoms with Gasteiger partial charge in [0.05, 0.1) is 0 Å². The number of benzene rings is 3. The van der Waals surface area contributed by atoms with Crippen LogP contribution in [0.5, 0.6) is 11.5 Å². The summed E-state index contributed by atoms with van der Waals surface area (Å²) >= 11 is 6.28. The van der Waals surface area contributed by atoms with Crippen molar-refractivity contribution in [3.05, 3.63) is 89.1 Å². The molecule has 0 bridgehead atoms. The van der Waals surface area contributed by atoms with E-state index < -0.39 is 0 Å². The Labute approximate surface area is 184 Å². The molecule has 2 N–H and O–H groups in total. The first kappa shape index (κ1) is 19.5. The van der Waals surface area contributed by atoms with Crippen molar-refractivity contribution < 1.29 is 14.3 Å². The first-order valence-corrected chi connectivity index (χ1v) is 10.6. The summed E-state index contributed by atoms with van der Waals surface area (Å²) in [5.74, 6) is 1.17. The first-order chi connectivity index (χ1) is 15.2. The van der Waals surface area contributed by atoms with Crippen molar-refractivity contribution in [2.45, 2.75) is 12.3 Å². The third-order valence-corrected chi connectivity index (χ3v) is 5.70. The molecular weight excluding hydrogens is 412 g/mol. The summed E-state index contributed by atoms with van der Waals surface area (Å²) in [4.78, 5) is 16.3. The third-order valence-electron chi connectivity index (χ3n) is 5.47. The Morgan fingerprint density at radius 2 is 1.81 bits per heavy atom. The maximum Gasteiger partial charge on any atom is 0.225 e. The Hall–Kier alpha value is -3.44. The number of hydrogen-bond acceptors (Lipinski definition) is 3. The highest BCUT2D eigenvalue weighted by atomic mass is 35.5. The van der Waals surface area contributed by atoms with Crippen LogP contribution in [0.25, 0.3) is 10.9 Å². The van der Waals surface area contributed by atoms with Gasteiger partial charge in [-0.1, -0.05) is 35.9 Å².